The molecule has 4 nitrogen and oxygen atoms in total. The van der Waals surface area contributed by atoms with Crippen LogP contribution in [-0.2, 0) is 19.1 Å². The summed E-state index contributed by atoms with van der Waals surface area (Å²) in [5.74, 6) is -0.689. The third kappa shape index (κ3) is 4.04. The molecule has 1 atom stereocenters. The molecule has 1 unspecified atom stereocenters. The first kappa shape index (κ1) is 12.7. The molecule has 0 radical (unpaired) electrons. The Bertz CT molecular complexity index is 283. The van der Waals surface area contributed by atoms with Gasteiger partial charge in [-0.25, -0.2) is 4.79 Å². The van der Waals surface area contributed by atoms with Gasteiger partial charge < -0.3 is 9.47 Å². The smallest absolute Gasteiger partial charge is 0.333 e. The van der Waals surface area contributed by atoms with Crippen LogP contribution in [0.1, 0.15) is 32.6 Å². The van der Waals surface area contributed by atoms with Crippen LogP contribution in [-0.4, -0.2) is 25.2 Å². The first-order chi connectivity index (χ1) is 7.61. The van der Waals surface area contributed by atoms with Gasteiger partial charge in [-0.15, -0.1) is 0 Å². The molecule has 1 rings (SSSR count). The Morgan fingerprint density at radius 2 is 2.31 bits per heavy atom. The van der Waals surface area contributed by atoms with E-state index in [1.807, 2.05) is 0 Å². The van der Waals surface area contributed by atoms with Gasteiger partial charge in [0, 0.05) is 5.57 Å². The highest BCUT2D eigenvalue weighted by molar-refractivity contribution is 5.86. The number of esters is 2. The Kier molecular flexibility index (Phi) is 5.02. The fourth-order valence-electron chi connectivity index (χ4n) is 1.58. The van der Waals surface area contributed by atoms with E-state index in [0.717, 1.165) is 19.3 Å². The maximum absolute atomic E-state index is 11.4. The summed E-state index contributed by atoms with van der Waals surface area (Å²) in [4.78, 5) is 22.5. The quantitative estimate of drug-likeness (QED) is 0.542. The minimum Gasteiger partial charge on any atom is -0.465 e. The molecule has 1 aliphatic heterocycles. The highest BCUT2D eigenvalue weighted by atomic mass is 16.5. The topological polar surface area (TPSA) is 52.6 Å². The van der Waals surface area contributed by atoms with E-state index in [2.05, 4.69) is 6.58 Å². The molecule has 1 heterocycles. The van der Waals surface area contributed by atoms with Crippen molar-refractivity contribution < 1.29 is 19.1 Å². The number of rotatable bonds is 4. The van der Waals surface area contributed by atoms with E-state index in [4.69, 9.17) is 9.47 Å². The van der Waals surface area contributed by atoms with E-state index in [-0.39, 0.29) is 18.5 Å². The summed E-state index contributed by atoms with van der Waals surface area (Å²) in [6.45, 7) is 5.85. The van der Waals surface area contributed by atoms with Crippen LogP contribution < -0.4 is 0 Å². The maximum atomic E-state index is 11.4. The molecule has 1 fully saturated rings. The molecule has 0 spiro atoms. The summed E-state index contributed by atoms with van der Waals surface area (Å²) in [6.07, 6.45) is 3.28. The molecule has 16 heavy (non-hydrogen) atoms. The van der Waals surface area contributed by atoms with Crippen molar-refractivity contribution in [3.05, 3.63) is 12.2 Å². The van der Waals surface area contributed by atoms with Crippen LogP contribution in [0.5, 0.6) is 0 Å². The second-order valence-electron chi connectivity index (χ2n) is 4.07. The van der Waals surface area contributed by atoms with Crippen molar-refractivity contribution in [1.82, 2.24) is 0 Å². The standard InChI is InChI=1S/C12H18O4/c1-9(2)11(13)16-8-6-10-5-3-4-7-15-12(10)14/h10H,1,3-8H2,2H3. The third-order valence-electron chi connectivity index (χ3n) is 2.57. The number of ether oxygens (including phenoxy) is 2. The van der Waals surface area contributed by atoms with Gasteiger partial charge in [0.25, 0.3) is 0 Å². The number of cyclic esters (lactones) is 1. The first-order valence-electron chi connectivity index (χ1n) is 5.60. The van der Waals surface area contributed by atoms with Crippen molar-refractivity contribution in [2.75, 3.05) is 13.2 Å². The molecule has 1 saturated heterocycles. The predicted octanol–water partition coefficient (Wildman–Crippen LogP) is 1.84. The van der Waals surface area contributed by atoms with E-state index >= 15 is 0 Å². The molecule has 0 aromatic heterocycles. The summed E-state index contributed by atoms with van der Waals surface area (Å²) in [5, 5.41) is 0. The molecule has 1 aliphatic rings. The van der Waals surface area contributed by atoms with Gasteiger partial charge in [-0.1, -0.05) is 6.58 Å². The summed E-state index contributed by atoms with van der Waals surface area (Å²) in [5.41, 5.74) is 0.378. The Morgan fingerprint density at radius 3 is 3.00 bits per heavy atom. The molecule has 4 heteroatoms. The molecule has 0 saturated carbocycles. The van der Waals surface area contributed by atoms with Gasteiger partial charge >= 0.3 is 11.9 Å². The zero-order valence-corrected chi connectivity index (χ0v) is 9.66. The second-order valence-corrected chi connectivity index (χ2v) is 4.07. The van der Waals surface area contributed by atoms with E-state index in [1.54, 1.807) is 6.92 Å². The van der Waals surface area contributed by atoms with Crippen LogP contribution in [0.3, 0.4) is 0 Å². The number of carbonyl (C=O) groups excluding carboxylic acids is 2. The lowest BCUT2D eigenvalue weighted by atomic mass is 10.0. The van der Waals surface area contributed by atoms with E-state index in [0.29, 0.717) is 18.6 Å². The van der Waals surface area contributed by atoms with Crippen molar-refractivity contribution in [2.45, 2.75) is 32.6 Å². The van der Waals surface area contributed by atoms with Gasteiger partial charge in [0.1, 0.15) is 0 Å². The summed E-state index contributed by atoms with van der Waals surface area (Å²) < 4.78 is 9.97. The minimum absolute atomic E-state index is 0.125. The zero-order chi connectivity index (χ0) is 12.0. The van der Waals surface area contributed by atoms with Crippen LogP contribution in [0.25, 0.3) is 0 Å². The van der Waals surface area contributed by atoms with Crippen LogP contribution in [0.2, 0.25) is 0 Å². The Hall–Kier alpha value is -1.32. The molecule has 0 N–H and O–H groups in total. The van der Waals surface area contributed by atoms with Gasteiger partial charge in [0.05, 0.1) is 19.1 Å². The molecular weight excluding hydrogens is 208 g/mol. The highest BCUT2D eigenvalue weighted by Gasteiger charge is 2.22. The lowest BCUT2D eigenvalue weighted by molar-refractivity contribution is -0.149. The van der Waals surface area contributed by atoms with Gasteiger partial charge in [-0.2, -0.15) is 0 Å². The van der Waals surface area contributed by atoms with E-state index in [9.17, 15) is 9.59 Å². The average molecular weight is 226 g/mol. The minimum atomic E-state index is -0.401. The average Bonchev–Trinajstić information content (AvgIpc) is 2.44. The Balaban J connectivity index is 2.28. The number of hydrogen-bond donors (Lipinski definition) is 0. The molecule has 90 valence electrons. The molecule has 0 aliphatic carbocycles. The largest absolute Gasteiger partial charge is 0.465 e. The zero-order valence-electron chi connectivity index (χ0n) is 9.66. The second kappa shape index (κ2) is 6.30. The lowest BCUT2D eigenvalue weighted by Gasteiger charge is -2.11. The van der Waals surface area contributed by atoms with Crippen molar-refractivity contribution in [1.29, 1.82) is 0 Å². The number of carbonyl (C=O) groups is 2. The van der Waals surface area contributed by atoms with Gasteiger partial charge in [0.2, 0.25) is 0 Å². The molecule has 0 amide bonds. The van der Waals surface area contributed by atoms with Crippen LogP contribution in [0, 0.1) is 5.92 Å². The fraction of sp³-hybridized carbons (Fsp3) is 0.667. The number of hydrogen-bond acceptors (Lipinski definition) is 4. The summed E-state index contributed by atoms with van der Waals surface area (Å²) in [7, 11) is 0. The SMILES string of the molecule is C=C(C)C(=O)OCCC1CCCCOC1=O. The molecule has 0 aromatic rings. The van der Waals surface area contributed by atoms with Gasteiger partial charge in [0.15, 0.2) is 0 Å². The first-order valence-corrected chi connectivity index (χ1v) is 5.60. The van der Waals surface area contributed by atoms with Crippen molar-refractivity contribution in [3.8, 4) is 0 Å². The van der Waals surface area contributed by atoms with E-state index in [1.165, 1.54) is 0 Å². The van der Waals surface area contributed by atoms with E-state index < -0.39 is 5.97 Å². The Labute approximate surface area is 95.6 Å². The highest BCUT2D eigenvalue weighted by Crippen LogP contribution is 2.18. The maximum Gasteiger partial charge on any atom is 0.333 e. The Morgan fingerprint density at radius 1 is 1.56 bits per heavy atom. The van der Waals surface area contributed by atoms with Crippen molar-refractivity contribution >= 4 is 11.9 Å². The van der Waals surface area contributed by atoms with Gasteiger partial charge in [-0.3, -0.25) is 4.79 Å². The monoisotopic (exact) mass is 226 g/mol. The molecular formula is C12H18O4. The third-order valence-corrected chi connectivity index (χ3v) is 2.57. The predicted molar refractivity (Wildman–Crippen MR) is 58.7 cm³/mol. The van der Waals surface area contributed by atoms with Crippen LogP contribution in [0.15, 0.2) is 12.2 Å². The normalized spacial score (nSPS) is 20.8. The summed E-state index contributed by atoms with van der Waals surface area (Å²) in [6, 6.07) is 0. The summed E-state index contributed by atoms with van der Waals surface area (Å²) >= 11 is 0. The lowest BCUT2D eigenvalue weighted by Crippen LogP contribution is -2.18. The fourth-order valence-corrected chi connectivity index (χ4v) is 1.58. The van der Waals surface area contributed by atoms with Crippen LogP contribution >= 0.6 is 0 Å². The van der Waals surface area contributed by atoms with Crippen LogP contribution in [0.4, 0.5) is 0 Å². The molecule has 0 aromatic carbocycles. The van der Waals surface area contributed by atoms with Gasteiger partial charge in [-0.05, 0) is 32.6 Å². The van der Waals surface area contributed by atoms with Crippen molar-refractivity contribution in [3.63, 3.8) is 0 Å². The van der Waals surface area contributed by atoms with Crippen molar-refractivity contribution in [2.24, 2.45) is 5.92 Å². The molecule has 0 bridgehead atoms.